The molecule has 4 heteroatoms. The fourth-order valence-corrected chi connectivity index (χ4v) is 2.97. The van der Waals surface area contributed by atoms with Crippen LogP contribution in [0.4, 0.5) is 0 Å². The van der Waals surface area contributed by atoms with Gasteiger partial charge in [-0.15, -0.1) is 0 Å². The first-order valence-corrected chi connectivity index (χ1v) is 8.42. The minimum absolute atomic E-state index is 0.561. The SMILES string of the molecule is CC(C)c1ccnc2[nH]ccc12.CC(C)c1ccnc2[nH]ccc12. The van der Waals surface area contributed by atoms with Crippen molar-refractivity contribution in [2.24, 2.45) is 0 Å². The van der Waals surface area contributed by atoms with E-state index in [-0.39, 0.29) is 0 Å². The van der Waals surface area contributed by atoms with Crippen molar-refractivity contribution >= 4 is 22.1 Å². The standard InChI is InChI=1S/2C10H12N2/c2*1-7(2)8-3-5-11-10-9(8)4-6-12-10/h2*3-7H,1-2H3,(H,11,12). The highest BCUT2D eigenvalue weighted by Crippen LogP contribution is 2.23. The van der Waals surface area contributed by atoms with E-state index in [0.29, 0.717) is 11.8 Å². The number of nitrogens with one attached hydrogen (secondary N) is 2. The molecule has 0 spiro atoms. The molecule has 0 aromatic carbocycles. The van der Waals surface area contributed by atoms with Crippen molar-refractivity contribution in [1.82, 2.24) is 19.9 Å². The predicted molar refractivity (Wildman–Crippen MR) is 100 cm³/mol. The number of hydrogen-bond donors (Lipinski definition) is 2. The van der Waals surface area contributed by atoms with E-state index in [1.54, 1.807) is 0 Å². The fourth-order valence-electron chi connectivity index (χ4n) is 2.97. The van der Waals surface area contributed by atoms with E-state index in [1.165, 1.54) is 21.9 Å². The molecule has 0 aliphatic rings. The smallest absolute Gasteiger partial charge is 0.137 e. The summed E-state index contributed by atoms with van der Waals surface area (Å²) in [6.45, 7) is 8.78. The van der Waals surface area contributed by atoms with Crippen molar-refractivity contribution in [2.45, 2.75) is 39.5 Å². The Kier molecular flexibility index (Phi) is 4.65. The van der Waals surface area contributed by atoms with E-state index in [4.69, 9.17) is 0 Å². The molecule has 0 aliphatic carbocycles. The van der Waals surface area contributed by atoms with Gasteiger partial charge in [0.2, 0.25) is 0 Å². The van der Waals surface area contributed by atoms with E-state index in [1.807, 2.05) is 24.8 Å². The normalized spacial score (nSPS) is 11.2. The van der Waals surface area contributed by atoms with Crippen molar-refractivity contribution in [3.63, 3.8) is 0 Å². The van der Waals surface area contributed by atoms with Gasteiger partial charge < -0.3 is 9.97 Å². The molecule has 2 N–H and O–H groups in total. The lowest BCUT2D eigenvalue weighted by molar-refractivity contribution is 0.874. The maximum absolute atomic E-state index is 4.23. The number of rotatable bonds is 2. The van der Waals surface area contributed by atoms with E-state index >= 15 is 0 Å². The van der Waals surface area contributed by atoms with Crippen LogP contribution in [-0.4, -0.2) is 19.9 Å². The number of hydrogen-bond acceptors (Lipinski definition) is 2. The zero-order valence-electron chi connectivity index (χ0n) is 14.7. The second kappa shape index (κ2) is 6.87. The number of nitrogens with zero attached hydrogens (tertiary/aromatic N) is 2. The fraction of sp³-hybridized carbons (Fsp3) is 0.300. The molecule has 0 aliphatic heterocycles. The van der Waals surface area contributed by atoms with Crippen LogP contribution in [0.2, 0.25) is 0 Å². The summed E-state index contributed by atoms with van der Waals surface area (Å²) in [6, 6.07) is 8.33. The second-order valence-electron chi connectivity index (χ2n) is 6.59. The van der Waals surface area contributed by atoms with Gasteiger partial charge in [-0.1, -0.05) is 27.7 Å². The van der Waals surface area contributed by atoms with Crippen molar-refractivity contribution in [2.75, 3.05) is 0 Å². The van der Waals surface area contributed by atoms with Crippen molar-refractivity contribution < 1.29 is 0 Å². The molecule has 0 fully saturated rings. The Bertz CT molecular complexity index is 853. The monoisotopic (exact) mass is 320 g/mol. The molecular formula is C20H24N4. The Morgan fingerprint density at radius 1 is 0.667 bits per heavy atom. The van der Waals surface area contributed by atoms with Crippen LogP contribution in [0.15, 0.2) is 49.1 Å². The topological polar surface area (TPSA) is 57.4 Å². The van der Waals surface area contributed by atoms with Crippen LogP contribution in [0.5, 0.6) is 0 Å². The Morgan fingerprint density at radius 2 is 1.08 bits per heavy atom. The Morgan fingerprint density at radius 3 is 1.46 bits per heavy atom. The maximum Gasteiger partial charge on any atom is 0.137 e. The van der Waals surface area contributed by atoms with Crippen LogP contribution in [0.3, 0.4) is 0 Å². The molecule has 4 heterocycles. The molecule has 0 saturated carbocycles. The average molecular weight is 320 g/mol. The molecule has 0 atom stereocenters. The summed E-state index contributed by atoms with van der Waals surface area (Å²) < 4.78 is 0. The van der Waals surface area contributed by atoms with Gasteiger partial charge in [0.1, 0.15) is 11.3 Å². The molecule has 0 saturated heterocycles. The van der Waals surface area contributed by atoms with Gasteiger partial charge in [-0.05, 0) is 47.2 Å². The van der Waals surface area contributed by atoms with Gasteiger partial charge in [-0.3, -0.25) is 0 Å². The molecule has 4 aromatic rings. The van der Waals surface area contributed by atoms with Gasteiger partial charge in [0.05, 0.1) is 0 Å². The molecule has 24 heavy (non-hydrogen) atoms. The quantitative estimate of drug-likeness (QED) is 0.521. The van der Waals surface area contributed by atoms with Crippen LogP contribution in [0.1, 0.15) is 50.7 Å². The first-order chi connectivity index (χ1) is 11.6. The predicted octanol–water partition coefficient (Wildman–Crippen LogP) is 5.37. The molecule has 4 rings (SSSR count). The van der Waals surface area contributed by atoms with Crippen LogP contribution in [0.25, 0.3) is 22.1 Å². The minimum atomic E-state index is 0.561. The lowest BCUT2D eigenvalue weighted by Crippen LogP contribution is -1.88. The number of aromatic amines is 2. The maximum atomic E-state index is 4.23. The third-order valence-corrected chi connectivity index (χ3v) is 4.23. The number of pyridine rings is 2. The van der Waals surface area contributed by atoms with Crippen LogP contribution in [0, 0.1) is 0 Å². The molecule has 0 amide bonds. The molecule has 0 radical (unpaired) electrons. The summed E-state index contributed by atoms with van der Waals surface area (Å²) in [7, 11) is 0. The molecule has 4 nitrogen and oxygen atoms in total. The van der Waals surface area contributed by atoms with E-state index in [0.717, 1.165) is 11.3 Å². The third-order valence-electron chi connectivity index (χ3n) is 4.23. The number of fused-ring (bicyclic) bond motifs is 2. The molecule has 0 bridgehead atoms. The van der Waals surface area contributed by atoms with Gasteiger partial charge in [-0.2, -0.15) is 0 Å². The average Bonchev–Trinajstić information content (AvgIpc) is 3.23. The van der Waals surface area contributed by atoms with Gasteiger partial charge in [0.25, 0.3) is 0 Å². The van der Waals surface area contributed by atoms with Crippen molar-refractivity contribution in [3.05, 3.63) is 60.2 Å². The summed E-state index contributed by atoms with van der Waals surface area (Å²) in [5.41, 5.74) is 4.70. The molecule has 4 aromatic heterocycles. The highest BCUT2D eigenvalue weighted by atomic mass is 14.8. The highest BCUT2D eigenvalue weighted by molar-refractivity contribution is 5.80. The summed E-state index contributed by atoms with van der Waals surface area (Å²) in [5, 5.41) is 2.49. The van der Waals surface area contributed by atoms with Crippen LogP contribution >= 0.6 is 0 Å². The van der Waals surface area contributed by atoms with Gasteiger partial charge in [0, 0.05) is 35.6 Å². The second-order valence-corrected chi connectivity index (χ2v) is 6.59. The summed E-state index contributed by atoms with van der Waals surface area (Å²) in [5.74, 6) is 1.12. The molecule has 124 valence electrons. The van der Waals surface area contributed by atoms with Gasteiger partial charge in [0.15, 0.2) is 0 Å². The number of aromatic nitrogens is 4. The van der Waals surface area contributed by atoms with Crippen LogP contribution < -0.4 is 0 Å². The first-order valence-electron chi connectivity index (χ1n) is 8.42. The summed E-state index contributed by atoms with van der Waals surface area (Å²) in [4.78, 5) is 14.7. The van der Waals surface area contributed by atoms with Crippen molar-refractivity contribution in [3.8, 4) is 0 Å². The van der Waals surface area contributed by atoms with Crippen molar-refractivity contribution in [1.29, 1.82) is 0 Å². The minimum Gasteiger partial charge on any atom is -0.346 e. The van der Waals surface area contributed by atoms with E-state index in [2.05, 4.69) is 71.9 Å². The van der Waals surface area contributed by atoms with Gasteiger partial charge in [-0.25, -0.2) is 9.97 Å². The summed E-state index contributed by atoms with van der Waals surface area (Å²) in [6.07, 6.45) is 7.58. The summed E-state index contributed by atoms with van der Waals surface area (Å²) >= 11 is 0. The number of H-pyrrole nitrogens is 2. The Hall–Kier alpha value is -2.62. The highest BCUT2D eigenvalue weighted by Gasteiger charge is 2.05. The zero-order valence-corrected chi connectivity index (χ0v) is 14.7. The zero-order chi connectivity index (χ0) is 17.1. The molecule has 0 unspecified atom stereocenters. The third kappa shape index (κ3) is 3.18. The lowest BCUT2D eigenvalue weighted by Gasteiger charge is -2.05. The van der Waals surface area contributed by atoms with E-state index < -0.39 is 0 Å². The Balaban J connectivity index is 0.000000141. The van der Waals surface area contributed by atoms with Crippen LogP contribution in [-0.2, 0) is 0 Å². The van der Waals surface area contributed by atoms with E-state index in [9.17, 15) is 0 Å². The first kappa shape index (κ1) is 16.2. The molecular weight excluding hydrogens is 296 g/mol. The van der Waals surface area contributed by atoms with Gasteiger partial charge >= 0.3 is 0 Å². The lowest BCUT2D eigenvalue weighted by atomic mass is 10.0. The largest absolute Gasteiger partial charge is 0.346 e. The Labute approximate surface area is 142 Å².